The van der Waals surface area contributed by atoms with Crippen LogP contribution in [-0.2, 0) is 11.3 Å². The SMILES string of the molecule is CCCC(C)(C)NCC1CN(C(=O)OC(C)(C)C)CCN1Cc1ccccc1. The van der Waals surface area contributed by atoms with E-state index in [0.29, 0.717) is 13.1 Å². The van der Waals surface area contributed by atoms with Crippen molar-refractivity contribution in [1.82, 2.24) is 15.1 Å². The standard InChI is InChI=1S/C23H39N3O2/c1-7-13-23(5,6)24-16-20-18-26(21(27)28-22(2,3)4)15-14-25(20)17-19-11-9-8-10-12-19/h8-12,20,24H,7,13-18H2,1-6H3. The zero-order chi connectivity index (χ0) is 20.8. The van der Waals surface area contributed by atoms with Crippen molar-refractivity contribution in [3.8, 4) is 0 Å². The van der Waals surface area contributed by atoms with E-state index in [9.17, 15) is 4.79 Å². The summed E-state index contributed by atoms with van der Waals surface area (Å²) in [6, 6.07) is 10.8. The van der Waals surface area contributed by atoms with Crippen LogP contribution >= 0.6 is 0 Å². The summed E-state index contributed by atoms with van der Waals surface area (Å²) >= 11 is 0. The number of piperazine rings is 1. The first kappa shape index (κ1) is 22.7. The molecule has 1 aromatic carbocycles. The second kappa shape index (κ2) is 9.75. The molecule has 28 heavy (non-hydrogen) atoms. The van der Waals surface area contributed by atoms with Gasteiger partial charge in [-0.05, 0) is 46.6 Å². The van der Waals surface area contributed by atoms with Crippen molar-refractivity contribution in [3.63, 3.8) is 0 Å². The van der Waals surface area contributed by atoms with E-state index in [4.69, 9.17) is 4.74 Å². The summed E-state index contributed by atoms with van der Waals surface area (Å²) in [5, 5.41) is 3.73. The molecule has 5 heteroatoms. The number of carbonyl (C=O) groups is 1. The van der Waals surface area contributed by atoms with Gasteiger partial charge in [0.15, 0.2) is 0 Å². The van der Waals surface area contributed by atoms with Crippen LogP contribution < -0.4 is 5.32 Å². The summed E-state index contributed by atoms with van der Waals surface area (Å²) in [4.78, 5) is 17.0. The Morgan fingerprint density at radius 1 is 1.14 bits per heavy atom. The Labute approximate surface area is 171 Å². The summed E-state index contributed by atoms with van der Waals surface area (Å²) in [6.07, 6.45) is 2.08. The summed E-state index contributed by atoms with van der Waals surface area (Å²) in [7, 11) is 0. The highest BCUT2D eigenvalue weighted by Crippen LogP contribution is 2.18. The molecule has 2 rings (SSSR count). The number of amides is 1. The minimum atomic E-state index is -0.463. The molecule has 1 heterocycles. The van der Waals surface area contributed by atoms with Gasteiger partial charge in [0.2, 0.25) is 0 Å². The minimum Gasteiger partial charge on any atom is -0.444 e. The van der Waals surface area contributed by atoms with Gasteiger partial charge < -0.3 is 15.0 Å². The Morgan fingerprint density at radius 2 is 1.82 bits per heavy atom. The summed E-state index contributed by atoms with van der Waals surface area (Å²) in [6.45, 7) is 16.5. The molecule has 0 aliphatic carbocycles. The Bertz CT molecular complexity index is 610. The van der Waals surface area contributed by atoms with Gasteiger partial charge in [-0.25, -0.2) is 4.79 Å². The first-order valence-electron chi connectivity index (χ1n) is 10.6. The van der Waals surface area contributed by atoms with Crippen LogP contribution in [0.3, 0.4) is 0 Å². The number of benzene rings is 1. The molecule has 0 spiro atoms. The molecule has 0 aromatic heterocycles. The van der Waals surface area contributed by atoms with Crippen molar-refractivity contribution in [1.29, 1.82) is 0 Å². The fourth-order valence-corrected chi connectivity index (χ4v) is 3.71. The maximum absolute atomic E-state index is 12.6. The molecule has 1 amide bonds. The normalized spacial score (nSPS) is 18.9. The number of ether oxygens (including phenoxy) is 1. The van der Waals surface area contributed by atoms with Crippen molar-refractivity contribution in [2.24, 2.45) is 0 Å². The highest BCUT2D eigenvalue weighted by molar-refractivity contribution is 5.68. The molecule has 1 fully saturated rings. The topological polar surface area (TPSA) is 44.8 Å². The largest absolute Gasteiger partial charge is 0.444 e. The van der Waals surface area contributed by atoms with Crippen LogP contribution in [0.1, 0.15) is 59.9 Å². The molecule has 1 aliphatic rings. The van der Waals surface area contributed by atoms with Crippen LogP contribution in [0.15, 0.2) is 30.3 Å². The molecule has 1 atom stereocenters. The van der Waals surface area contributed by atoms with E-state index in [0.717, 1.165) is 32.5 Å². The smallest absolute Gasteiger partial charge is 0.410 e. The minimum absolute atomic E-state index is 0.0986. The van der Waals surface area contributed by atoms with Gasteiger partial charge in [0.25, 0.3) is 0 Å². The van der Waals surface area contributed by atoms with Gasteiger partial charge in [-0.2, -0.15) is 0 Å². The molecule has 0 radical (unpaired) electrons. The quantitative estimate of drug-likeness (QED) is 0.756. The second-order valence-corrected chi connectivity index (χ2v) is 9.55. The summed E-state index contributed by atoms with van der Waals surface area (Å²) in [5.74, 6) is 0. The third-order valence-corrected chi connectivity index (χ3v) is 5.18. The van der Waals surface area contributed by atoms with E-state index in [2.05, 4.69) is 61.3 Å². The average Bonchev–Trinajstić information content (AvgIpc) is 2.60. The van der Waals surface area contributed by atoms with Crippen LogP contribution in [0.2, 0.25) is 0 Å². The summed E-state index contributed by atoms with van der Waals surface area (Å²) < 4.78 is 5.61. The third kappa shape index (κ3) is 7.44. The highest BCUT2D eigenvalue weighted by atomic mass is 16.6. The van der Waals surface area contributed by atoms with Crippen LogP contribution in [-0.4, -0.2) is 59.3 Å². The van der Waals surface area contributed by atoms with E-state index >= 15 is 0 Å². The van der Waals surface area contributed by atoms with Crippen LogP contribution in [0.25, 0.3) is 0 Å². The lowest BCUT2D eigenvalue weighted by Gasteiger charge is -2.43. The van der Waals surface area contributed by atoms with Gasteiger partial charge in [-0.3, -0.25) is 4.90 Å². The zero-order valence-electron chi connectivity index (χ0n) is 18.6. The molecule has 1 N–H and O–H groups in total. The molecule has 0 bridgehead atoms. The fourth-order valence-electron chi connectivity index (χ4n) is 3.71. The van der Waals surface area contributed by atoms with Crippen LogP contribution in [0.4, 0.5) is 4.79 Å². The molecular weight excluding hydrogens is 350 g/mol. The van der Waals surface area contributed by atoms with E-state index in [1.165, 1.54) is 5.56 Å². The molecule has 0 saturated carbocycles. The molecule has 1 saturated heterocycles. The number of hydrogen-bond acceptors (Lipinski definition) is 4. The third-order valence-electron chi connectivity index (χ3n) is 5.18. The second-order valence-electron chi connectivity index (χ2n) is 9.55. The molecule has 1 aliphatic heterocycles. The number of hydrogen-bond donors (Lipinski definition) is 1. The van der Waals surface area contributed by atoms with Crippen molar-refractivity contribution in [2.75, 3.05) is 26.2 Å². The Balaban J connectivity index is 2.06. The molecule has 1 unspecified atom stereocenters. The fraction of sp³-hybridized carbons (Fsp3) is 0.696. The first-order chi connectivity index (χ1) is 13.1. The highest BCUT2D eigenvalue weighted by Gasteiger charge is 2.32. The van der Waals surface area contributed by atoms with Gasteiger partial charge >= 0.3 is 6.09 Å². The summed E-state index contributed by atoms with van der Waals surface area (Å²) in [5.41, 5.74) is 0.947. The monoisotopic (exact) mass is 389 g/mol. The Hall–Kier alpha value is -1.59. The lowest BCUT2D eigenvalue weighted by atomic mass is 9.98. The molecular formula is C23H39N3O2. The Kier molecular flexibility index (Phi) is 7.90. The molecule has 5 nitrogen and oxygen atoms in total. The first-order valence-corrected chi connectivity index (χ1v) is 10.6. The maximum atomic E-state index is 12.6. The van der Waals surface area contributed by atoms with Crippen molar-refractivity contribution in [2.45, 2.75) is 78.1 Å². The predicted molar refractivity (Wildman–Crippen MR) is 115 cm³/mol. The van der Waals surface area contributed by atoms with Crippen molar-refractivity contribution >= 4 is 6.09 Å². The van der Waals surface area contributed by atoms with E-state index < -0.39 is 5.60 Å². The van der Waals surface area contributed by atoms with Crippen LogP contribution in [0, 0.1) is 0 Å². The van der Waals surface area contributed by atoms with E-state index in [-0.39, 0.29) is 17.7 Å². The Morgan fingerprint density at radius 3 is 2.43 bits per heavy atom. The number of rotatable bonds is 7. The molecule has 1 aromatic rings. The van der Waals surface area contributed by atoms with Gasteiger partial charge in [0, 0.05) is 44.3 Å². The van der Waals surface area contributed by atoms with Crippen LogP contribution in [0.5, 0.6) is 0 Å². The van der Waals surface area contributed by atoms with Gasteiger partial charge in [0.05, 0.1) is 0 Å². The van der Waals surface area contributed by atoms with E-state index in [1.807, 2.05) is 25.7 Å². The predicted octanol–water partition coefficient (Wildman–Crippen LogP) is 4.28. The molecule has 158 valence electrons. The average molecular weight is 390 g/mol. The zero-order valence-corrected chi connectivity index (χ0v) is 18.6. The van der Waals surface area contributed by atoms with Crippen molar-refractivity contribution < 1.29 is 9.53 Å². The van der Waals surface area contributed by atoms with E-state index in [1.54, 1.807) is 0 Å². The lowest BCUT2D eigenvalue weighted by molar-refractivity contribution is 0.00175. The van der Waals surface area contributed by atoms with Gasteiger partial charge in [0.1, 0.15) is 5.60 Å². The lowest BCUT2D eigenvalue weighted by Crippen LogP contribution is -2.59. The van der Waals surface area contributed by atoms with Gasteiger partial charge in [-0.15, -0.1) is 0 Å². The number of carbonyl (C=O) groups excluding carboxylic acids is 1. The number of nitrogens with one attached hydrogen (secondary N) is 1. The number of nitrogens with zero attached hydrogens (tertiary/aromatic N) is 2. The van der Waals surface area contributed by atoms with Gasteiger partial charge in [-0.1, -0.05) is 43.7 Å². The maximum Gasteiger partial charge on any atom is 0.410 e. The van der Waals surface area contributed by atoms with Crippen molar-refractivity contribution in [3.05, 3.63) is 35.9 Å².